The number of fused-ring (bicyclic) bond motifs is 3. The van der Waals surface area contributed by atoms with Gasteiger partial charge < -0.3 is 14.2 Å². The lowest BCUT2D eigenvalue weighted by Gasteiger charge is -2.56. The van der Waals surface area contributed by atoms with Gasteiger partial charge in [-0.25, -0.2) is 0 Å². The Kier molecular flexibility index (Phi) is 3.95. The van der Waals surface area contributed by atoms with Gasteiger partial charge in [-0.1, -0.05) is 29.9 Å². The Morgan fingerprint density at radius 2 is 1.70 bits per heavy atom. The molecule has 1 aromatic rings. The molecular formula is C19H19ClO3. The molecule has 3 heterocycles. The van der Waals surface area contributed by atoms with Crippen LogP contribution in [-0.2, 0) is 20.2 Å². The lowest BCUT2D eigenvalue weighted by molar-refractivity contribution is -0.487. The first kappa shape index (κ1) is 15.2. The van der Waals surface area contributed by atoms with Crippen LogP contribution in [0.15, 0.2) is 35.9 Å². The molecule has 1 aromatic carbocycles. The standard InChI is InChI=1S/C19H19ClO3/c20-11-2-1-4-15-7-9-17(10-8-15)19-21-12-18(13-22-19,14-23-19)16-5-3-6-16/h2,7-11,16H,3,5-6,12-14H2. The van der Waals surface area contributed by atoms with Crippen molar-refractivity contribution < 1.29 is 14.2 Å². The van der Waals surface area contributed by atoms with Crippen LogP contribution in [0.1, 0.15) is 30.4 Å². The first-order valence-electron chi connectivity index (χ1n) is 8.06. The van der Waals surface area contributed by atoms with Crippen LogP contribution in [0, 0.1) is 23.2 Å². The molecule has 3 nitrogen and oxygen atoms in total. The lowest BCUT2D eigenvalue weighted by Crippen LogP contribution is -2.61. The first-order valence-corrected chi connectivity index (χ1v) is 8.49. The Hall–Kier alpha value is -1.31. The van der Waals surface area contributed by atoms with E-state index in [1.54, 1.807) is 6.08 Å². The van der Waals surface area contributed by atoms with Crippen molar-refractivity contribution in [1.82, 2.24) is 0 Å². The van der Waals surface area contributed by atoms with Crippen molar-refractivity contribution in [3.05, 3.63) is 47.0 Å². The lowest BCUT2D eigenvalue weighted by atomic mass is 9.65. The average molecular weight is 331 g/mol. The van der Waals surface area contributed by atoms with E-state index in [9.17, 15) is 0 Å². The molecule has 0 N–H and O–H groups in total. The van der Waals surface area contributed by atoms with E-state index in [1.165, 1.54) is 24.8 Å². The van der Waals surface area contributed by atoms with E-state index < -0.39 is 5.97 Å². The van der Waals surface area contributed by atoms with Crippen molar-refractivity contribution in [2.75, 3.05) is 19.8 Å². The van der Waals surface area contributed by atoms with Gasteiger partial charge in [-0.3, -0.25) is 0 Å². The van der Waals surface area contributed by atoms with E-state index in [4.69, 9.17) is 25.8 Å². The minimum atomic E-state index is -1.03. The first-order chi connectivity index (χ1) is 11.3. The van der Waals surface area contributed by atoms with E-state index in [0.717, 1.165) is 30.9 Å². The molecule has 0 spiro atoms. The number of ether oxygens (including phenoxy) is 3. The molecule has 4 fully saturated rings. The predicted octanol–water partition coefficient (Wildman–Crippen LogP) is 3.76. The summed E-state index contributed by atoms with van der Waals surface area (Å²) in [5.74, 6) is 5.52. The monoisotopic (exact) mass is 330 g/mol. The third kappa shape index (κ3) is 2.60. The normalized spacial score (nSPS) is 33.3. The molecule has 23 heavy (non-hydrogen) atoms. The van der Waals surface area contributed by atoms with Crippen molar-refractivity contribution in [2.45, 2.75) is 25.2 Å². The summed E-state index contributed by atoms with van der Waals surface area (Å²) in [6.07, 6.45) is 5.46. The number of benzene rings is 1. The topological polar surface area (TPSA) is 27.7 Å². The molecule has 3 saturated heterocycles. The average Bonchev–Trinajstić information content (AvgIpc) is 2.56. The number of hydrogen-bond donors (Lipinski definition) is 0. The van der Waals surface area contributed by atoms with Gasteiger partial charge in [0.25, 0.3) is 0 Å². The van der Waals surface area contributed by atoms with Crippen LogP contribution >= 0.6 is 11.6 Å². The molecule has 5 rings (SSSR count). The van der Waals surface area contributed by atoms with Gasteiger partial charge >= 0.3 is 5.97 Å². The second-order valence-electron chi connectivity index (χ2n) is 6.55. The Morgan fingerprint density at radius 3 is 2.22 bits per heavy atom. The number of rotatable bonds is 2. The van der Waals surface area contributed by atoms with Crippen molar-refractivity contribution in [2.24, 2.45) is 11.3 Å². The molecule has 2 bridgehead atoms. The molecule has 1 aliphatic carbocycles. The van der Waals surface area contributed by atoms with Gasteiger partial charge in [-0.2, -0.15) is 0 Å². The highest BCUT2D eigenvalue weighted by Gasteiger charge is 2.57. The molecule has 4 aliphatic rings. The zero-order valence-electron chi connectivity index (χ0n) is 12.9. The maximum atomic E-state index is 6.04. The van der Waals surface area contributed by atoms with Crippen LogP contribution in [0.4, 0.5) is 0 Å². The van der Waals surface area contributed by atoms with Crippen LogP contribution in [0.2, 0.25) is 0 Å². The Balaban J connectivity index is 1.50. The third-order valence-corrected chi connectivity index (χ3v) is 5.35. The largest absolute Gasteiger partial charge is 0.323 e. The number of hydrogen-bond acceptors (Lipinski definition) is 3. The van der Waals surface area contributed by atoms with E-state index in [-0.39, 0.29) is 5.41 Å². The summed E-state index contributed by atoms with van der Waals surface area (Å²) in [6, 6.07) is 7.79. The second-order valence-corrected chi connectivity index (χ2v) is 6.80. The minimum absolute atomic E-state index is 0.0688. The van der Waals surface area contributed by atoms with E-state index in [1.807, 2.05) is 24.3 Å². The quantitative estimate of drug-likeness (QED) is 0.773. The molecule has 0 aromatic heterocycles. The molecule has 120 valence electrons. The summed E-state index contributed by atoms with van der Waals surface area (Å²) in [4.78, 5) is 0. The summed E-state index contributed by atoms with van der Waals surface area (Å²) in [6.45, 7) is 2.17. The van der Waals surface area contributed by atoms with Crippen LogP contribution in [0.25, 0.3) is 0 Å². The van der Waals surface area contributed by atoms with Crippen LogP contribution in [0.3, 0.4) is 0 Å². The molecule has 0 unspecified atom stereocenters. The van der Waals surface area contributed by atoms with E-state index in [2.05, 4.69) is 11.8 Å². The molecule has 0 amide bonds. The maximum absolute atomic E-state index is 6.04. The number of halogens is 1. The molecule has 1 saturated carbocycles. The van der Waals surface area contributed by atoms with Crippen molar-refractivity contribution in [3.8, 4) is 11.8 Å². The van der Waals surface area contributed by atoms with Crippen LogP contribution < -0.4 is 0 Å². The molecule has 3 aliphatic heterocycles. The Morgan fingerprint density at radius 1 is 1.04 bits per heavy atom. The van der Waals surface area contributed by atoms with Crippen molar-refractivity contribution in [1.29, 1.82) is 0 Å². The summed E-state index contributed by atoms with van der Waals surface area (Å²) in [5.41, 5.74) is 3.27. The molecular weight excluding hydrogens is 312 g/mol. The maximum Gasteiger partial charge on any atom is 0.312 e. The predicted molar refractivity (Wildman–Crippen MR) is 87.6 cm³/mol. The highest BCUT2D eigenvalue weighted by molar-refractivity contribution is 6.25. The van der Waals surface area contributed by atoms with Crippen molar-refractivity contribution >= 4 is 11.6 Å². The summed E-state index contributed by atoms with van der Waals surface area (Å²) >= 11 is 5.45. The zero-order chi connectivity index (χ0) is 15.8. The summed E-state index contributed by atoms with van der Waals surface area (Å²) in [7, 11) is 0. The van der Waals surface area contributed by atoms with Gasteiger partial charge in [0.05, 0.1) is 19.8 Å². The van der Waals surface area contributed by atoms with Gasteiger partial charge in [0.15, 0.2) is 0 Å². The van der Waals surface area contributed by atoms with E-state index >= 15 is 0 Å². The third-order valence-electron chi connectivity index (χ3n) is 5.22. The zero-order valence-corrected chi connectivity index (χ0v) is 13.6. The fourth-order valence-electron chi connectivity index (χ4n) is 3.50. The Labute approximate surface area is 141 Å². The second kappa shape index (κ2) is 5.96. The SMILES string of the molecule is ClC=CC#Cc1ccc(C23OCC(C4CCC4)(CO2)CO3)cc1. The fraction of sp³-hybridized carbons (Fsp3) is 0.474. The molecule has 0 atom stereocenters. The van der Waals surface area contributed by atoms with Crippen LogP contribution in [-0.4, -0.2) is 19.8 Å². The van der Waals surface area contributed by atoms with Gasteiger partial charge in [0, 0.05) is 22.1 Å². The van der Waals surface area contributed by atoms with Gasteiger partial charge in [-0.05, 0) is 49.1 Å². The highest BCUT2D eigenvalue weighted by atomic mass is 35.5. The Bertz CT molecular complexity index is 640. The van der Waals surface area contributed by atoms with Crippen molar-refractivity contribution in [3.63, 3.8) is 0 Å². The molecule has 0 radical (unpaired) electrons. The van der Waals surface area contributed by atoms with Gasteiger partial charge in [0.1, 0.15) is 0 Å². The highest BCUT2D eigenvalue weighted by Crippen LogP contribution is 2.52. The molecule has 4 heteroatoms. The summed E-state index contributed by atoms with van der Waals surface area (Å²) < 4.78 is 18.1. The smallest absolute Gasteiger partial charge is 0.312 e. The summed E-state index contributed by atoms with van der Waals surface area (Å²) in [5, 5.41) is 0. The fourth-order valence-corrected chi connectivity index (χ4v) is 3.57. The minimum Gasteiger partial charge on any atom is -0.323 e. The van der Waals surface area contributed by atoms with Gasteiger partial charge in [-0.15, -0.1) is 0 Å². The van der Waals surface area contributed by atoms with Crippen LogP contribution in [0.5, 0.6) is 0 Å². The van der Waals surface area contributed by atoms with Gasteiger partial charge in [0.2, 0.25) is 0 Å². The number of allylic oxidation sites excluding steroid dienone is 1. The van der Waals surface area contributed by atoms with E-state index in [0.29, 0.717) is 5.92 Å².